The molecule has 1 N–H and O–H groups in total. The van der Waals surface area contributed by atoms with Crippen LogP contribution in [0.2, 0.25) is 10.0 Å². The fourth-order valence-corrected chi connectivity index (χ4v) is 5.68. The Balaban J connectivity index is 1.71. The number of carbonyl (C=O) groups is 4. The minimum absolute atomic E-state index is 0.0155. The van der Waals surface area contributed by atoms with Crippen LogP contribution < -0.4 is 5.32 Å². The third-order valence-electron chi connectivity index (χ3n) is 6.32. The summed E-state index contributed by atoms with van der Waals surface area (Å²) in [5.74, 6) is -2.36. The van der Waals surface area contributed by atoms with Crippen LogP contribution in [-0.2, 0) is 52.5 Å². The van der Waals surface area contributed by atoms with Gasteiger partial charge in [-0.25, -0.2) is 0 Å². The SMILES string of the molecule is CCOC(=O)CCS(=O)C=C(C)C1C(NC(=O)Cc2cc(Cl)ccc2Cl)C(=O)N1CC(=O)OCc1ccc([N+](=O)[O-])cc1. The van der Waals surface area contributed by atoms with Crippen molar-refractivity contribution >= 4 is 63.4 Å². The van der Waals surface area contributed by atoms with E-state index >= 15 is 0 Å². The summed E-state index contributed by atoms with van der Waals surface area (Å²) in [5.41, 5.74) is 1.27. The Morgan fingerprint density at radius 3 is 2.47 bits per heavy atom. The first-order valence-corrected chi connectivity index (χ1v) is 15.2. The molecule has 0 radical (unpaired) electrons. The highest BCUT2D eigenvalue weighted by atomic mass is 35.5. The molecule has 3 rings (SSSR count). The number of halogens is 2. The van der Waals surface area contributed by atoms with E-state index in [2.05, 4.69) is 5.32 Å². The third kappa shape index (κ3) is 9.60. The van der Waals surface area contributed by atoms with Gasteiger partial charge < -0.3 is 19.7 Å². The lowest BCUT2D eigenvalue weighted by atomic mass is 9.89. The number of hydrogen-bond donors (Lipinski definition) is 1. The van der Waals surface area contributed by atoms with Gasteiger partial charge in [0.05, 0.1) is 30.4 Å². The van der Waals surface area contributed by atoms with Crippen molar-refractivity contribution in [3.63, 3.8) is 0 Å². The number of rotatable bonds is 14. The first kappa shape index (κ1) is 33.7. The molecule has 0 bridgehead atoms. The molecule has 2 aromatic rings. The molecule has 0 aliphatic carbocycles. The van der Waals surface area contributed by atoms with E-state index in [0.29, 0.717) is 26.7 Å². The van der Waals surface area contributed by atoms with E-state index in [1.165, 1.54) is 40.6 Å². The number of likely N-dealkylation sites (tertiary alicyclic amines) is 1. The maximum Gasteiger partial charge on any atom is 0.326 e. The highest BCUT2D eigenvalue weighted by Gasteiger charge is 2.49. The van der Waals surface area contributed by atoms with Gasteiger partial charge in [0.1, 0.15) is 19.2 Å². The molecule has 230 valence electrons. The van der Waals surface area contributed by atoms with Gasteiger partial charge in [0.2, 0.25) is 11.8 Å². The number of ether oxygens (including phenoxy) is 2. The lowest BCUT2D eigenvalue weighted by Gasteiger charge is -2.47. The van der Waals surface area contributed by atoms with E-state index in [9.17, 15) is 33.5 Å². The van der Waals surface area contributed by atoms with Gasteiger partial charge in [-0.2, -0.15) is 0 Å². The van der Waals surface area contributed by atoms with E-state index in [0.717, 1.165) is 0 Å². The topological polar surface area (TPSA) is 162 Å². The molecule has 2 aromatic carbocycles. The van der Waals surface area contributed by atoms with Crippen LogP contribution in [0.25, 0.3) is 0 Å². The Morgan fingerprint density at radius 2 is 1.81 bits per heavy atom. The summed E-state index contributed by atoms with van der Waals surface area (Å²) >= 11 is 12.2. The predicted molar refractivity (Wildman–Crippen MR) is 159 cm³/mol. The number of amides is 2. The molecule has 1 heterocycles. The molecule has 3 unspecified atom stereocenters. The standard InChI is InChI=1S/C28H29Cl2N3O9S/c1-3-41-24(35)10-11-43(40)16-17(2)27-26(31-23(34)13-19-12-20(29)6-9-22(19)30)28(37)32(27)14-25(36)42-15-18-4-7-21(8-5-18)33(38)39/h4-9,12,16,26-27H,3,10-11,13-15H2,1-2H3,(H,31,34). The zero-order chi connectivity index (χ0) is 31.7. The van der Waals surface area contributed by atoms with Crippen molar-refractivity contribution in [2.24, 2.45) is 0 Å². The van der Waals surface area contributed by atoms with Crippen LogP contribution in [-0.4, -0.2) is 68.8 Å². The fraction of sp³-hybridized carbons (Fsp3) is 0.357. The van der Waals surface area contributed by atoms with Gasteiger partial charge in [-0.3, -0.25) is 33.5 Å². The molecule has 1 aliphatic rings. The Morgan fingerprint density at radius 1 is 1.12 bits per heavy atom. The quantitative estimate of drug-likeness (QED) is 0.139. The number of nitrogens with zero attached hydrogens (tertiary/aromatic N) is 2. The summed E-state index contributed by atoms with van der Waals surface area (Å²) in [6, 6.07) is 8.21. The Labute approximate surface area is 259 Å². The van der Waals surface area contributed by atoms with Crippen molar-refractivity contribution in [2.75, 3.05) is 18.9 Å². The number of nitro groups is 1. The summed E-state index contributed by atoms with van der Waals surface area (Å²) in [7, 11) is -1.61. The second kappa shape index (κ2) is 15.6. The smallest absolute Gasteiger partial charge is 0.326 e. The number of non-ortho nitro benzene ring substituents is 1. The van der Waals surface area contributed by atoms with Gasteiger partial charge >= 0.3 is 11.9 Å². The van der Waals surface area contributed by atoms with Gasteiger partial charge in [-0.1, -0.05) is 23.2 Å². The Hall–Kier alpha value is -3.81. The van der Waals surface area contributed by atoms with Crippen LogP contribution in [0.5, 0.6) is 0 Å². The van der Waals surface area contributed by atoms with Crippen LogP contribution in [0.4, 0.5) is 5.69 Å². The Kier molecular flexibility index (Phi) is 12.2. The van der Waals surface area contributed by atoms with Gasteiger partial charge in [0.15, 0.2) is 0 Å². The summed E-state index contributed by atoms with van der Waals surface area (Å²) in [5, 5.41) is 15.6. The van der Waals surface area contributed by atoms with Crippen molar-refractivity contribution < 1.29 is 37.8 Å². The second-order valence-electron chi connectivity index (χ2n) is 9.45. The maximum atomic E-state index is 13.1. The Bertz CT molecular complexity index is 1450. The van der Waals surface area contributed by atoms with Crippen molar-refractivity contribution in [2.45, 2.75) is 45.4 Å². The number of nitrogens with one attached hydrogen (secondary N) is 1. The molecule has 2 amide bonds. The molecule has 0 spiro atoms. The van der Waals surface area contributed by atoms with E-state index in [4.69, 9.17) is 32.7 Å². The predicted octanol–water partition coefficient (Wildman–Crippen LogP) is 3.49. The van der Waals surface area contributed by atoms with Crippen molar-refractivity contribution in [1.82, 2.24) is 10.2 Å². The van der Waals surface area contributed by atoms with Crippen molar-refractivity contribution in [3.05, 3.63) is 84.7 Å². The maximum absolute atomic E-state index is 13.1. The van der Waals surface area contributed by atoms with Gasteiger partial charge in [0.25, 0.3) is 5.69 Å². The molecule has 15 heteroatoms. The summed E-state index contributed by atoms with van der Waals surface area (Å²) in [4.78, 5) is 61.7. The van der Waals surface area contributed by atoms with E-state index in [1.54, 1.807) is 26.0 Å². The number of hydrogen-bond acceptors (Lipinski definition) is 9. The number of β-lactam (4-membered cyclic amide) rings is 1. The molecule has 43 heavy (non-hydrogen) atoms. The monoisotopic (exact) mass is 653 g/mol. The van der Waals surface area contributed by atoms with Gasteiger partial charge in [-0.15, -0.1) is 0 Å². The molecule has 1 fully saturated rings. The first-order valence-electron chi connectivity index (χ1n) is 13.0. The third-order valence-corrected chi connectivity index (χ3v) is 8.16. The lowest BCUT2D eigenvalue weighted by molar-refractivity contribution is -0.384. The molecule has 1 aliphatic heterocycles. The number of carbonyl (C=O) groups excluding carboxylic acids is 4. The zero-order valence-corrected chi connectivity index (χ0v) is 25.6. The fourth-order valence-electron chi connectivity index (χ4n) is 4.27. The zero-order valence-electron chi connectivity index (χ0n) is 23.2. The molecule has 12 nitrogen and oxygen atoms in total. The highest BCUT2D eigenvalue weighted by molar-refractivity contribution is 7.88. The molecule has 3 atom stereocenters. The molecule has 0 saturated carbocycles. The molecule has 1 saturated heterocycles. The summed E-state index contributed by atoms with van der Waals surface area (Å²) in [6.07, 6.45) is -0.242. The summed E-state index contributed by atoms with van der Waals surface area (Å²) in [6.45, 7) is 2.80. The molecular weight excluding hydrogens is 625 g/mol. The molecule has 0 aromatic heterocycles. The number of benzene rings is 2. The van der Waals surface area contributed by atoms with Gasteiger partial charge in [-0.05, 0) is 60.9 Å². The average molecular weight is 655 g/mol. The van der Waals surface area contributed by atoms with Crippen molar-refractivity contribution in [1.29, 1.82) is 0 Å². The van der Waals surface area contributed by atoms with E-state index < -0.39 is 58.1 Å². The number of nitro benzene ring substituents is 1. The minimum Gasteiger partial charge on any atom is -0.466 e. The minimum atomic E-state index is -1.61. The van der Waals surface area contributed by atoms with E-state index in [1.807, 2.05) is 0 Å². The highest BCUT2D eigenvalue weighted by Crippen LogP contribution is 2.28. The van der Waals surface area contributed by atoms with Crippen molar-refractivity contribution in [3.8, 4) is 0 Å². The summed E-state index contributed by atoms with van der Waals surface area (Å²) < 4.78 is 22.8. The van der Waals surface area contributed by atoms with Crippen LogP contribution >= 0.6 is 23.2 Å². The normalized spacial score (nSPS) is 17.1. The van der Waals surface area contributed by atoms with Gasteiger partial charge in [0, 0.05) is 44.1 Å². The van der Waals surface area contributed by atoms with Crippen LogP contribution in [0.3, 0.4) is 0 Å². The van der Waals surface area contributed by atoms with E-state index in [-0.39, 0.29) is 37.5 Å². The molecular formula is C28H29Cl2N3O9S. The van der Waals surface area contributed by atoms with Crippen LogP contribution in [0.15, 0.2) is 53.4 Å². The second-order valence-corrected chi connectivity index (χ2v) is 11.7. The number of esters is 2. The first-order chi connectivity index (χ1) is 20.4. The largest absolute Gasteiger partial charge is 0.466 e. The lowest BCUT2D eigenvalue weighted by Crippen LogP contribution is -2.72. The van der Waals surface area contributed by atoms with Crippen LogP contribution in [0.1, 0.15) is 31.4 Å². The average Bonchev–Trinajstić information content (AvgIpc) is 2.96. The van der Waals surface area contributed by atoms with Crippen LogP contribution in [0, 0.1) is 10.1 Å².